The molecule has 0 radical (unpaired) electrons. The van der Waals surface area contributed by atoms with Crippen molar-refractivity contribution in [2.24, 2.45) is 0 Å². The van der Waals surface area contributed by atoms with Crippen LogP contribution in [0.3, 0.4) is 0 Å². The maximum Gasteiger partial charge on any atom is 0.253 e. The molecule has 1 aliphatic rings. The summed E-state index contributed by atoms with van der Waals surface area (Å²) >= 11 is 6.26. The van der Waals surface area contributed by atoms with E-state index in [1.807, 2.05) is 53.4 Å². The summed E-state index contributed by atoms with van der Waals surface area (Å²) in [5.41, 5.74) is 2.61. The first-order chi connectivity index (χ1) is 12.0. The van der Waals surface area contributed by atoms with E-state index < -0.39 is 10.8 Å². The van der Waals surface area contributed by atoms with E-state index in [0.29, 0.717) is 24.4 Å². The molecule has 1 aliphatic heterocycles. The van der Waals surface area contributed by atoms with Crippen LogP contribution in [0.1, 0.15) is 15.9 Å². The molecule has 6 heteroatoms. The van der Waals surface area contributed by atoms with Gasteiger partial charge in [0.15, 0.2) is 0 Å². The Kier molecular flexibility index (Phi) is 5.76. The van der Waals surface area contributed by atoms with Crippen LogP contribution < -0.4 is 4.90 Å². The lowest BCUT2D eigenvalue weighted by Gasteiger charge is -2.36. The molecule has 1 heterocycles. The zero-order valence-electron chi connectivity index (χ0n) is 14.2. The van der Waals surface area contributed by atoms with Crippen molar-refractivity contribution in [3.05, 3.63) is 64.7 Å². The Balaban J connectivity index is 1.66. The standard InChI is InChI=1S/C19H21ClN2O2S/c1-25(24)14-15-5-4-6-16(13-15)19(23)22-11-9-21(10-12-22)18-8-3-2-7-17(18)20/h2-8,13H,9-12,14H2,1H3. The molecule has 0 bridgehead atoms. The fourth-order valence-electron chi connectivity index (χ4n) is 3.07. The van der Waals surface area contributed by atoms with Gasteiger partial charge in [-0.25, -0.2) is 0 Å². The van der Waals surface area contributed by atoms with Crippen molar-refractivity contribution < 1.29 is 9.00 Å². The zero-order chi connectivity index (χ0) is 17.8. The van der Waals surface area contributed by atoms with E-state index in [1.54, 1.807) is 6.26 Å². The van der Waals surface area contributed by atoms with E-state index in [-0.39, 0.29) is 5.91 Å². The second-order valence-electron chi connectivity index (χ2n) is 6.15. The Morgan fingerprint density at radius 1 is 1.08 bits per heavy atom. The lowest BCUT2D eigenvalue weighted by Crippen LogP contribution is -2.48. The van der Waals surface area contributed by atoms with Crippen molar-refractivity contribution in [3.8, 4) is 0 Å². The monoisotopic (exact) mass is 376 g/mol. The average molecular weight is 377 g/mol. The summed E-state index contributed by atoms with van der Waals surface area (Å²) in [7, 11) is -0.915. The van der Waals surface area contributed by atoms with Crippen LogP contribution >= 0.6 is 11.6 Å². The van der Waals surface area contributed by atoms with Crippen LogP contribution in [-0.4, -0.2) is 47.5 Å². The van der Waals surface area contributed by atoms with Crippen molar-refractivity contribution in [1.29, 1.82) is 0 Å². The molecule has 4 nitrogen and oxygen atoms in total. The molecule has 1 unspecified atom stereocenters. The fourth-order valence-corrected chi connectivity index (χ4v) is 3.97. The van der Waals surface area contributed by atoms with Gasteiger partial charge in [0, 0.05) is 54.6 Å². The highest BCUT2D eigenvalue weighted by Crippen LogP contribution is 2.26. The molecule has 25 heavy (non-hydrogen) atoms. The van der Waals surface area contributed by atoms with E-state index in [2.05, 4.69) is 4.90 Å². The van der Waals surface area contributed by atoms with Gasteiger partial charge in [0.2, 0.25) is 0 Å². The number of piperazine rings is 1. The molecule has 2 aromatic carbocycles. The van der Waals surface area contributed by atoms with Crippen LogP contribution in [0.4, 0.5) is 5.69 Å². The minimum Gasteiger partial charge on any atom is -0.367 e. The number of amides is 1. The number of carbonyl (C=O) groups excluding carboxylic acids is 1. The highest BCUT2D eigenvalue weighted by atomic mass is 35.5. The maximum atomic E-state index is 12.8. The Morgan fingerprint density at radius 3 is 2.48 bits per heavy atom. The SMILES string of the molecule is CS(=O)Cc1cccc(C(=O)N2CCN(c3ccccc3Cl)CC2)c1. The molecule has 2 aromatic rings. The van der Waals surface area contributed by atoms with Crippen LogP contribution in [-0.2, 0) is 16.6 Å². The topological polar surface area (TPSA) is 40.6 Å². The summed E-state index contributed by atoms with van der Waals surface area (Å²) in [5.74, 6) is 0.504. The normalized spacial score (nSPS) is 15.9. The number of para-hydroxylation sites is 1. The molecule has 1 atom stereocenters. The summed E-state index contributed by atoms with van der Waals surface area (Å²) in [6.45, 7) is 2.84. The third kappa shape index (κ3) is 4.41. The highest BCUT2D eigenvalue weighted by Gasteiger charge is 2.23. The molecule has 1 saturated heterocycles. The summed E-state index contributed by atoms with van der Waals surface area (Å²) in [6.07, 6.45) is 1.67. The largest absolute Gasteiger partial charge is 0.367 e. The van der Waals surface area contributed by atoms with E-state index in [0.717, 1.165) is 29.4 Å². The Hall–Kier alpha value is -1.85. The lowest BCUT2D eigenvalue weighted by molar-refractivity contribution is 0.0746. The summed E-state index contributed by atoms with van der Waals surface area (Å²) in [6, 6.07) is 15.2. The van der Waals surface area contributed by atoms with Crippen LogP contribution in [0.25, 0.3) is 0 Å². The number of nitrogens with zero attached hydrogens (tertiary/aromatic N) is 2. The number of hydrogen-bond donors (Lipinski definition) is 0. The van der Waals surface area contributed by atoms with E-state index >= 15 is 0 Å². The maximum absolute atomic E-state index is 12.8. The van der Waals surface area contributed by atoms with Crippen molar-refractivity contribution in [2.75, 3.05) is 37.3 Å². The number of rotatable bonds is 4. The fraction of sp³-hybridized carbons (Fsp3) is 0.316. The van der Waals surface area contributed by atoms with Gasteiger partial charge in [0.1, 0.15) is 0 Å². The van der Waals surface area contributed by atoms with Gasteiger partial charge in [0.25, 0.3) is 5.91 Å². The molecule has 132 valence electrons. The molecular weight excluding hydrogens is 356 g/mol. The first-order valence-corrected chi connectivity index (χ1v) is 10.3. The van der Waals surface area contributed by atoms with Crippen molar-refractivity contribution in [2.45, 2.75) is 5.75 Å². The molecule has 0 aliphatic carbocycles. The molecule has 0 spiro atoms. The van der Waals surface area contributed by atoms with Crippen LogP contribution in [0.5, 0.6) is 0 Å². The quantitative estimate of drug-likeness (QED) is 0.822. The third-order valence-corrected chi connectivity index (χ3v) is 5.36. The van der Waals surface area contributed by atoms with E-state index in [9.17, 15) is 9.00 Å². The predicted molar refractivity (Wildman–Crippen MR) is 104 cm³/mol. The molecular formula is C19H21ClN2O2S. The van der Waals surface area contributed by atoms with Crippen molar-refractivity contribution in [3.63, 3.8) is 0 Å². The Labute approximate surface area is 155 Å². The van der Waals surface area contributed by atoms with Gasteiger partial charge in [0.05, 0.1) is 10.7 Å². The minimum absolute atomic E-state index is 0.0301. The minimum atomic E-state index is -0.915. The number of anilines is 1. The number of carbonyl (C=O) groups is 1. The van der Waals surface area contributed by atoms with Gasteiger partial charge < -0.3 is 9.80 Å². The lowest BCUT2D eigenvalue weighted by atomic mass is 10.1. The second-order valence-corrected chi connectivity index (χ2v) is 7.99. The molecule has 0 N–H and O–H groups in total. The summed E-state index contributed by atoms with van der Waals surface area (Å²) in [5, 5.41) is 0.738. The van der Waals surface area contributed by atoms with E-state index in [4.69, 9.17) is 11.6 Å². The van der Waals surface area contributed by atoms with E-state index in [1.165, 1.54) is 0 Å². The van der Waals surface area contributed by atoms with Gasteiger partial charge in [-0.05, 0) is 29.8 Å². The van der Waals surface area contributed by atoms with Crippen LogP contribution in [0.2, 0.25) is 5.02 Å². The molecule has 3 rings (SSSR count). The second kappa shape index (κ2) is 8.02. The first kappa shape index (κ1) is 18.0. The Bertz CT molecular complexity index is 788. The number of halogens is 1. The Morgan fingerprint density at radius 2 is 1.80 bits per heavy atom. The molecule has 0 saturated carbocycles. The first-order valence-electron chi connectivity index (χ1n) is 8.22. The van der Waals surface area contributed by atoms with Gasteiger partial charge in [-0.1, -0.05) is 35.9 Å². The molecule has 1 fully saturated rings. The number of benzene rings is 2. The number of hydrogen-bond acceptors (Lipinski definition) is 3. The summed E-state index contributed by atoms with van der Waals surface area (Å²) < 4.78 is 11.4. The molecule has 0 aromatic heterocycles. The van der Waals surface area contributed by atoms with Gasteiger partial charge in [-0.3, -0.25) is 9.00 Å². The molecule has 1 amide bonds. The highest BCUT2D eigenvalue weighted by molar-refractivity contribution is 7.83. The summed E-state index contributed by atoms with van der Waals surface area (Å²) in [4.78, 5) is 16.8. The predicted octanol–water partition coefficient (Wildman–Crippen LogP) is 3.18. The van der Waals surface area contributed by atoms with Crippen LogP contribution in [0.15, 0.2) is 48.5 Å². The van der Waals surface area contributed by atoms with Gasteiger partial charge in [-0.15, -0.1) is 0 Å². The zero-order valence-corrected chi connectivity index (χ0v) is 15.7. The third-order valence-electron chi connectivity index (χ3n) is 4.30. The van der Waals surface area contributed by atoms with Crippen LogP contribution in [0, 0.1) is 0 Å². The average Bonchev–Trinajstić information content (AvgIpc) is 2.61. The van der Waals surface area contributed by atoms with Gasteiger partial charge in [-0.2, -0.15) is 0 Å². The van der Waals surface area contributed by atoms with Gasteiger partial charge >= 0.3 is 0 Å². The smallest absolute Gasteiger partial charge is 0.253 e. The van der Waals surface area contributed by atoms with Crippen molar-refractivity contribution >= 4 is 34.0 Å². The van der Waals surface area contributed by atoms with Crippen molar-refractivity contribution in [1.82, 2.24) is 4.90 Å².